The highest BCUT2D eigenvalue weighted by atomic mass is 32.2. The summed E-state index contributed by atoms with van der Waals surface area (Å²) in [5, 5.41) is 3.26. The van der Waals surface area contributed by atoms with Gasteiger partial charge in [-0.1, -0.05) is 104 Å². The summed E-state index contributed by atoms with van der Waals surface area (Å²) < 4.78 is 29.7. The first-order valence-corrected chi connectivity index (χ1v) is 17.9. The third-order valence-corrected chi connectivity index (χ3v) is 10.6. The molecule has 8 heteroatoms. The molecule has 246 valence electrons. The van der Waals surface area contributed by atoms with Gasteiger partial charge in [0.25, 0.3) is 10.0 Å². The Balaban J connectivity index is 1.57. The van der Waals surface area contributed by atoms with Crippen LogP contribution in [-0.2, 0) is 32.6 Å². The molecular formula is C39H45N3O4S. The Labute approximate surface area is 279 Å². The number of nitrogens with zero attached hydrogens (tertiary/aromatic N) is 2. The molecule has 2 amide bonds. The number of aryl methyl sites for hydroxylation is 3. The number of benzene rings is 4. The molecule has 0 bridgehead atoms. The summed E-state index contributed by atoms with van der Waals surface area (Å²) in [4.78, 5) is 30.6. The Bertz CT molecular complexity index is 1730. The molecule has 0 radical (unpaired) electrons. The van der Waals surface area contributed by atoms with Crippen molar-refractivity contribution in [1.82, 2.24) is 10.2 Å². The molecular weight excluding hydrogens is 607 g/mol. The first-order chi connectivity index (χ1) is 22.6. The summed E-state index contributed by atoms with van der Waals surface area (Å²) in [6, 6.07) is 30.4. The van der Waals surface area contributed by atoms with Crippen LogP contribution in [0.1, 0.15) is 59.9 Å². The molecule has 1 aliphatic rings. The summed E-state index contributed by atoms with van der Waals surface area (Å²) in [6.07, 6.45) is 5.38. The van der Waals surface area contributed by atoms with Crippen LogP contribution in [-0.4, -0.2) is 43.8 Å². The Hall–Kier alpha value is -4.43. The van der Waals surface area contributed by atoms with Crippen LogP contribution in [0.15, 0.2) is 108 Å². The number of rotatable bonds is 12. The van der Waals surface area contributed by atoms with Gasteiger partial charge in [0.1, 0.15) is 12.6 Å². The van der Waals surface area contributed by atoms with Gasteiger partial charge in [-0.3, -0.25) is 13.9 Å². The lowest BCUT2D eigenvalue weighted by molar-refractivity contribution is -0.140. The Morgan fingerprint density at radius 1 is 0.745 bits per heavy atom. The van der Waals surface area contributed by atoms with Crippen molar-refractivity contribution in [2.45, 2.75) is 82.8 Å². The molecule has 1 N–H and O–H groups in total. The monoisotopic (exact) mass is 651 g/mol. The van der Waals surface area contributed by atoms with Crippen molar-refractivity contribution in [2.75, 3.05) is 10.8 Å². The lowest BCUT2D eigenvalue weighted by Gasteiger charge is -2.35. The van der Waals surface area contributed by atoms with Crippen LogP contribution in [0, 0.1) is 20.8 Å². The highest BCUT2D eigenvalue weighted by molar-refractivity contribution is 7.92. The van der Waals surface area contributed by atoms with Crippen LogP contribution in [0.2, 0.25) is 0 Å². The van der Waals surface area contributed by atoms with Gasteiger partial charge in [0.05, 0.1) is 10.6 Å². The smallest absolute Gasteiger partial charge is 0.264 e. The van der Waals surface area contributed by atoms with Gasteiger partial charge in [-0.15, -0.1) is 0 Å². The Morgan fingerprint density at radius 3 is 1.96 bits per heavy atom. The summed E-state index contributed by atoms with van der Waals surface area (Å²) in [5.41, 5.74) is 5.02. The van der Waals surface area contributed by atoms with E-state index in [4.69, 9.17) is 0 Å². The number of anilines is 1. The predicted octanol–water partition coefficient (Wildman–Crippen LogP) is 6.90. The first kappa shape index (κ1) is 33.9. The zero-order valence-corrected chi connectivity index (χ0v) is 28.4. The van der Waals surface area contributed by atoms with Gasteiger partial charge in [-0.2, -0.15) is 0 Å². The molecule has 1 aliphatic carbocycles. The van der Waals surface area contributed by atoms with Gasteiger partial charge in [-0.25, -0.2) is 8.42 Å². The van der Waals surface area contributed by atoms with Gasteiger partial charge < -0.3 is 10.2 Å². The van der Waals surface area contributed by atoms with Gasteiger partial charge in [-0.05, 0) is 80.1 Å². The number of carbonyl (C=O) groups excluding carboxylic acids is 2. The third-order valence-electron chi connectivity index (χ3n) is 8.80. The van der Waals surface area contributed by atoms with Crippen LogP contribution in [0.4, 0.5) is 5.69 Å². The molecule has 0 heterocycles. The van der Waals surface area contributed by atoms with E-state index in [1.807, 2.05) is 81.4 Å². The van der Waals surface area contributed by atoms with Crippen LogP contribution < -0.4 is 9.62 Å². The van der Waals surface area contributed by atoms with E-state index in [2.05, 4.69) is 5.32 Å². The minimum atomic E-state index is -4.14. The van der Waals surface area contributed by atoms with Crippen molar-refractivity contribution in [3.63, 3.8) is 0 Å². The second-order valence-corrected chi connectivity index (χ2v) is 14.6. The fourth-order valence-corrected chi connectivity index (χ4v) is 7.75. The summed E-state index contributed by atoms with van der Waals surface area (Å²) >= 11 is 0. The van der Waals surface area contributed by atoms with Gasteiger partial charge in [0.15, 0.2) is 0 Å². The molecule has 0 spiro atoms. The standard InChI is InChI=1S/C39H45N3O4S/c1-29-19-21-33(22-20-29)27-41(37(26-32-13-7-4-8-14-32)39(44)40-34-15-9-5-10-16-34)38(43)28-42(35-24-30(2)23-31(3)25-35)47(45,46)36-17-11-6-12-18-36/h4,6-8,11-14,17-25,34,37H,5,9-10,15-16,26-28H2,1-3H3,(H,40,44)/t37-/m0/s1. The van der Waals surface area contributed by atoms with E-state index in [1.165, 1.54) is 16.4 Å². The highest BCUT2D eigenvalue weighted by Gasteiger charge is 2.35. The number of sulfonamides is 1. The van der Waals surface area contributed by atoms with E-state index >= 15 is 0 Å². The summed E-state index contributed by atoms with van der Waals surface area (Å²) in [6.45, 7) is 5.50. The zero-order valence-electron chi connectivity index (χ0n) is 27.6. The summed E-state index contributed by atoms with van der Waals surface area (Å²) in [5.74, 6) is -0.672. The molecule has 5 rings (SSSR count). The van der Waals surface area contributed by atoms with Crippen molar-refractivity contribution < 1.29 is 18.0 Å². The van der Waals surface area contributed by atoms with Crippen LogP contribution in [0.5, 0.6) is 0 Å². The molecule has 0 saturated heterocycles. The number of carbonyl (C=O) groups is 2. The van der Waals surface area contributed by atoms with E-state index in [-0.39, 0.29) is 23.4 Å². The molecule has 1 saturated carbocycles. The maximum Gasteiger partial charge on any atom is 0.264 e. The van der Waals surface area contributed by atoms with Gasteiger partial charge >= 0.3 is 0 Å². The average Bonchev–Trinajstić information content (AvgIpc) is 3.06. The molecule has 1 fully saturated rings. The maximum absolute atomic E-state index is 14.7. The molecule has 1 atom stereocenters. The second-order valence-electron chi connectivity index (χ2n) is 12.7. The molecule has 7 nitrogen and oxygen atoms in total. The van der Waals surface area contributed by atoms with Gasteiger partial charge in [0, 0.05) is 19.0 Å². The topological polar surface area (TPSA) is 86.8 Å². The number of hydrogen-bond acceptors (Lipinski definition) is 4. The van der Waals surface area contributed by atoms with E-state index in [9.17, 15) is 18.0 Å². The summed E-state index contributed by atoms with van der Waals surface area (Å²) in [7, 11) is -4.14. The SMILES string of the molecule is Cc1ccc(CN(C(=O)CN(c2cc(C)cc(C)c2)S(=O)(=O)c2ccccc2)[C@@H](Cc2ccccc2)C(=O)NC2CCCCC2)cc1. The Kier molecular flexibility index (Phi) is 11.1. The predicted molar refractivity (Wildman–Crippen MR) is 188 cm³/mol. The zero-order chi connectivity index (χ0) is 33.4. The number of nitrogens with one attached hydrogen (secondary N) is 1. The quantitative estimate of drug-likeness (QED) is 0.181. The fourth-order valence-electron chi connectivity index (χ4n) is 6.33. The van der Waals surface area contributed by atoms with Crippen molar-refractivity contribution in [3.05, 3.63) is 131 Å². The van der Waals surface area contributed by atoms with Crippen molar-refractivity contribution in [2.24, 2.45) is 0 Å². The van der Waals surface area contributed by atoms with Crippen LogP contribution in [0.25, 0.3) is 0 Å². The molecule has 0 unspecified atom stereocenters. The van der Waals surface area contributed by atoms with Crippen molar-refractivity contribution in [1.29, 1.82) is 0 Å². The van der Waals surface area contributed by atoms with Crippen LogP contribution >= 0.6 is 0 Å². The number of hydrogen-bond donors (Lipinski definition) is 1. The molecule has 4 aromatic rings. The second kappa shape index (κ2) is 15.4. The first-order valence-electron chi connectivity index (χ1n) is 16.5. The van der Waals surface area contributed by atoms with Gasteiger partial charge in [0.2, 0.25) is 11.8 Å². The molecule has 4 aromatic carbocycles. The average molecular weight is 652 g/mol. The third kappa shape index (κ3) is 8.89. The molecule has 0 aromatic heterocycles. The largest absolute Gasteiger partial charge is 0.352 e. The lowest BCUT2D eigenvalue weighted by Crippen LogP contribution is -2.55. The maximum atomic E-state index is 14.7. The number of amides is 2. The molecule has 0 aliphatic heterocycles. The normalized spacial score (nSPS) is 14.3. The van der Waals surface area contributed by atoms with E-state index in [0.717, 1.165) is 59.9 Å². The van der Waals surface area contributed by atoms with E-state index in [1.54, 1.807) is 35.2 Å². The minimum Gasteiger partial charge on any atom is -0.352 e. The molecule has 47 heavy (non-hydrogen) atoms. The highest BCUT2D eigenvalue weighted by Crippen LogP contribution is 2.27. The van der Waals surface area contributed by atoms with Crippen LogP contribution in [0.3, 0.4) is 0 Å². The Morgan fingerprint density at radius 2 is 1.34 bits per heavy atom. The lowest BCUT2D eigenvalue weighted by atomic mass is 9.94. The van der Waals surface area contributed by atoms with E-state index < -0.39 is 28.5 Å². The minimum absolute atomic E-state index is 0.0519. The van der Waals surface area contributed by atoms with E-state index in [0.29, 0.717) is 12.1 Å². The van der Waals surface area contributed by atoms with Crippen molar-refractivity contribution >= 4 is 27.5 Å². The fraction of sp³-hybridized carbons (Fsp3) is 0.333. The van der Waals surface area contributed by atoms with Crippen molar-refractivity contribution in [3.8, 4) is 0 Å².